The number of epoxide rings is 1. The molecule has 13 atom stereocenters. The first-order chi connectivity index (χ1) is 19.2. The summed E-state index contributed by atoms with van der Waals surface area (Å²) in [6.45, 7) is 12.6. The van der Waals surface area contributed by atoms with E-state index >= 15 is 0 Å². The second-order valence-electron chi connectivity index (χ2n) is 13.9. The molecule has 4 fully saturated rings. The van der Waals surface area contributed by atoms with E-state index in [2.05, 4.69) is 6.92 Å². The molecular formula is C32H42O9. The van der Waals surface area contributed by atoms with Crippen LogP contribution in [0.5, 0.6) is 0 Å². The molecule has 9 heteroatoms. The number of ether oxygens (including phenoxy) is 4. The molecule has 0 aromatic rings. The van der Waals surface area contributed by atoms with Crippen molar-refractivity contribution in [2.24, 2.45) is 40.4 Å². The Morgan fingerprint density at radius 2 is 1.73 bits per heavy atom. The fourth-order valence-electron chi connectivity index (χ4n) is 10.2. The molecule has 1 spiro atoms. The van der Waals surface area contributed by atoms with Crippen LogP contribution in [0.3, 0.4) is 0 Å². The van der Waals surface area contributed by atoms with Crippen molar-refractivity contribution < 1.29 is 43.2 Å². The Bertz CT molecular complexity index is 1270. The predicted molar refractivity (Wildman–Crippen MR) is 145 cm³/mol. The number of carbonyl (C=O) groups is 4. The number of fused-ring (bicyclic) bond motifs is 4. The average Bonchev–Trinajstić information content (AvgIpc) is 3.55. The smallest absolute Gasteiger partial charge is 0.333 e. The highest BCUT2D eigenvalue weighted by Crippen LogP contribution is 2.73. The lowest BCUT2D eigenvalue weighted by Gasteiger charge is -2.60. The minimum Gasteiger partial charge on any atom is -0.462 e. The molecule has 1 N–H and O–H groups in total. The molecule has 0 radical (unpaired) electrons. The first kappa shape index (κ1) is 28.6. The third-order valence-electron chi connectivity index (χ3n) is 12.3. The zero-order chi connectivity index (χ0) is 29.8. The Kier molecular flexibility index (Phi) is 6.44. The Morgan fingerprint density at radius 3 is 2.37 bits per heavy atom. The van der Waals surface area contributed by atoms with E-state index in [1.54, 1.807) is 6.92 Å². The summed E-state index contributed by atoms with van der Waals surface area (Å²) < 4.78 is 24.4. The van der Waals surface area contributed by atoms with E-state index in [9.17, 15) is 24.3 Å². The lowest BCUT2D eigenvalue weighted by molar-refractivity contribution is -0.196. The number of aliphatic hydroxyl groups excluding tert-OH is 1. The fourth-order valence-corrected chi connectivity index (χ4v) is 10.2. The summed E-state index contributed by atoms with van der Waals surface area (Å²) in [7, 11) is 0. The van der Waals surface area contributed by atoms with Crippen LogP contribution >= 0.6 is 0 Å². The normalized spacial score (nSPS) is 48.7. The first-order valence-electron chi connectivity index (χ1n) is 15.0. The van der Waals surface area contributed by atoms with Gasteiger partial charge >= 0.3 is 17.9 Å². The summed E-state index contributed by atoms with van der Waals surface area (Å²) in [5.74, 6) is -1.92. The van der Waals surface area contributed by atoms with Crippen LogP contribution in [0.4, 0.5) is 0 Å². The summed E-state index contributed by atoms with van der Waals surface area (Å²) in [5.41, 5.74) is -0.969. The molecule has 0 amide bonds. The molecule has 13 unspecified atom stereocenters. The van der Waals surface area contributed by atoms with Crippen LogP contribution in [-0.2, 0) is 38.1 Å². The quantitative estimate of drug-likeness (QED) is 0.307. The second-order valence-corrected chi connectivity index (χ2v) is 13.9. The lowest BCUT2D eigenvalue weighted by Crippen LogP contribution is -2.66. The van der Waals surface area contributed by atoms with Gasteiger partial charge < -0.3 is 24.1 Å². The van der Waals surface area contributed by atoms with Gasteiger partial charge in [-0.15, -0.1) is 0 Å². The van der Waals surface area contributed by atoms with Crippen LogP contribution in [-0.4, -0.2) is 64.9 Å². The van der Waals surface area contributed by atoms with Gasteiger partial charge in [-0.25, -0.2) is 4.79 Å². The van der Waals surface area contributed by atoms with Gasteiger partial charge in [0.2, 0.25) is 0 Å². The van der Waals surface area contributed by atoms with Gasteiger partial charge in [0.05, 0.1) is 11.5 Å². The number of carbonyl (C=O) groups excluding carboxylic acids is 4. The van der Waals surface area contributed by atoms with Gasteiger partial charge in [0.15, 0.2) is 5.78 Å². The molecule has 2 aliphatic heterocycles. The highest BCUT2D eigenvalue weighted by molar-refractivity contribution is 5.98. The zero-order valence-electron chi connectivity index (χ0n) is 25.0. The molecule has 2 heterocycles. The summed E-state index contributed by atoms with van der Waals surface area (Å²) in [5, 5.41) is 11.0. The molecular weight excluding hydrogens is 528 g/mol. The van der Waals surface area contributed by atoms with Crippen LogP contribution in [0.15, 0.2) is 23.3 Å². The predicted octanol–water partition coefficient (Wildman–Crippen LogP) is 3.46. The highest BCUT2D eigenvalue weighted by Gasteiger charge is 2.81. The Labute approximate surface area is 241 Å². The van der Waals surface area contributed by atoms with Gasteiger partial charge in [-0.2, -0.15) is 0 Å². The Morgan fingerprint density at radius 1 is 1.05 bits per heavy atom. The molecule has 3 saturated carbocycles. The van der Waals surface area contributed by atoms with Crippen molar-refractivity contribution in [2.75, 3.05) is 0 Å². The van der Waals surface area contributed by atoms with Crippen molar-refractivity contribution in [3.63, 3.8) is 0 Å². The van der Waals surface area contributed by atoms with E-state index in [0.29, 0.717) is 31.3 Å². The van der Waals surface area contributed by atoms with Crippen molar-refractivity contribution in [1.82, 2.24) is 0 Å². The van der Waals surface area contributed by atoms with E-state index < -0.39 is 52.8 Å². The number of aliphatic hydroxyl groups is 1. The summed E-state index contributed by atoms with van der Waals surface area (Å²) in [6, 6.07) is 0. The number of hydrogen-bond donors (Lipinski definition) is 1. The third kappa shape index (κ3) is 3.73. The minimum atomic E-state index is -0.979. The van der Waals surface area contributed by atoms with Crippen molar-refractivity contribution in [3.8, 4) is 0 Å². The molecule has 6 aliphatic rings. The highest BCUT2D eigenvalue weighted by atomic mass is 16.6. The van der Waals surface area contributed by atoms with Crippen LogP contribution in [0, 0.1) is 40.4 Å². The molecule has 41 heavy (non-hydrogen) atoms. The maximum absolute atomic E-state index is 13.7. The average molecular weight is 571 g/mol. The molecule has 4 aliphatic carbocycles. The summed E-state index contributed by atoms with van der Waals surface area (Å²) in [4.78, 5) is 51.4. The number of hydrogen-bond acceptors (Lipinski definition) is 9. The van der Waals surface area contributed by atoms with Crippen LogP contribution in [0.1, 0.15) is 74.1 Å². The molecule has 9 nitrogen and oxygen atoms in total. The Hall–Kier alpha value is -2.52. The SMILES string of the molecule is CC(=O)OC1CC2C3CC4OC45C(O)C=CC(=O)C5(C)C3CC(OC(C)=O)C2(C)C1C(C)C1CC(C)=C(C)C(=O)O1. The molecule has 0 aromatic heterocycles. The largest absolute Gasteiger partial charge is 0.462 e. The van der Waals surface area contributed by atoms with Crippen molar-refractivity contribution >= 4 is 23.7 Å². The number of allylic oxidation sites excluding steroid dienone is 1. The van der Waals surface area contributed by atoms with Crippen molar-refractivity contribution in [2.45, 2.75) is 110 Å². The van der Waals surface area contributed by atoms with Crippen molar-refractivity contribution in [1.29, 1.82) is 0 Å². The Balaban J connectivity index is 1.44. The van der Waals surface area contributed by atoms with Gasteiger partial charge in [0, 0.05) is 43.1 Å². The monoisotopic (exact) mass is 570 g/mol. The third-order valence-corrected chi connectivity index (χ3v) is 12.3. The number of esters is 3. The maximum atomic E-state index is 13.7. The number of rotatable bonds is 4. The van der Waals surface area contributed by atoms with Gasteiger partial charge in [-0.05, 0) is 69.9 Å². The zero-order valence-corrected chi connectivity index (χ0v) is 25.0. The van der Waals surface area contributed by atoms with E-state index in [-0.39, 0.29) is 47.4 Å². The van der Waals surface area contributed by atoms with Crippen LogP contribution < -0.4 is 0 Å². The van der Waals surface area contributed by atoms with Gasteiger partial charge in [0.25, 0.3) is 0 Å². The molecule has 0 aromatic carbocycles. The maximum Gasteiger partial charge on any atom is 0.333 e. The van der Waals surface area contributed by atoms with Gasteiger partial charge in [-0.3, -0.25) is 14.4 Å². The van der Waals surface area contributed by atoms with E-state index in [1.807, 2.05) is 20.8 Å². The van der Waals surface area contributed by atoms with Crippen LogP contribution in [0.2, 0.25) is 0 Å². The molecule has 6 rings (SSSR count). The topological polar surface area (TPSA) is 129 Å². The fraction of sp³-hybridized carbons (Fsp3) is 0.750. The summed E-state index contributed by atoms with van der Waals surface area (Å²) >= 11 is 0. The summed E-state index contributed by atoms with van der Waals surface area (Å²) in [6.07, 6.45) is 2.62. The van der Waals surface area contributed by atoms with Gasteiger partial charge in [0.1, 0.15) is 30.0 Å². The number of cyclic esters (lactones) is 1. The van der Waals surface area contributed by atoms with Crippen molar-refractivity contribution in [3.05, 3.63) is 23.3 Å². The number of ketones is 1. The molecule has 0 bridgehead atoms. The standard InChI is InChI=1S/C32H42O9/c1-14-10-22(40-29(37)15(14)2)16(3)28-23(38-17(4)33)12-20-19-11-27-32(41-27)25(36)9-8-24(35)31(32,7)21(19)13-26(30(20,28)6)39-18(5)34/h8-9,16,19-23,25-28,36H,10-13H2,1-7H3. The first-order valence-corrected chi connectivity index (χ1v) is 15.0. The van der Waals surface area contributed by atoms with E-state index in [1.165, 1.54) is 26.0 Å². The van der Waals surface area contributed by atoms with Gasteiger partial charge in [-0.1, -0.05) is 19.4 Å². The minimum absolute atomic E-state index is 0.0214. The van der Waals surface area contributed by atoms with Crippen LogP contribution in [0.25, 0.3) is 0 Å². The van der Waals surface area contributed by atoms with E-state index in [0.717, 1.165) is 5.57 Å². The molecule has 1 saturated heterocycles. The molecule has 224 valence electrons. The van der Waals surface area contributed by atoms with E-state index in [4.69, 9.17) is 18.9 Å². The lowest BCUT2D eigenvalue weighted by atomic mass is 9.43. The second kappa shape index (κ2) is 9.24.